The molecule has 0 aliphatic rings. The van der Waals surface area contributed by atoms with Crippen molar-refractivity contribution >= 4 is 0 Å². The van der Waals surface area contributed by atoms with Gasteiger partial charge in [0.25, 0.3) is 0 Å². The van der Waals surface area contributed by atoms with Crippen LogP contribution in [0.4, 0.5) is 43.9 Å². The van der Waals surface area contributed by atoms with Gasteiger partial charge in [0, 0.05) is 0 Å². The molecular weight excluding hydrogens is 418 g/mol. The molecular formula is C19H6F10. The van der Waals surface area contributed by atoms with E-state index in [4.69, 9.17) is 0 Å². The maximum atomic E-state index is 14.1. The Bertz CT molecular complexity index is 1020. The van der Waals surface area contributed by atoms with Gasteiger partial charge in [-0.1, -0.05) is 18.2 Å². The van der Waals surface area contributed by atoms with Gasteiger partial charge in [-0.15, -0.1) is 0 Å². The predicted molar refractivity (Wildman–Crippen MR) is 81.6 cm³/mol. The minimum absolute atomic E-state index is 0.487. The first-order valence-electron chi connectivity index (χ1n) is 7.63. The molecule has 0 N–H and O–H groups in total. The first-order chi connectivity index (χ1) is 13.5. The maximum absolute atomic E-state index is 14.1. The lowest BCUT2D eigenvalue weighted by molar-refractivity contribution is 0.381. The highest BCUT2D eigenvalue weighted by Crippen LogP contribution is 2.39. The standard InChI is InChI=1S/C19H6F10/c1-5-6(8-10(20)14(24)18(28)15(25)11(8)21)3-2-4-7(5)9-12(22)16(26)19(29)17(27)13(9)23/h2-4H,1H3. The maximum Gasteiger partial charge on any atom is 0.200 e. The molecule has 29 heavy (non-hydrogen) atoms. The zero-order chi connectivity index (χ0) is 21.8. The second kappa shape index (κ2) is 7.09. The third kappa shape index (κ3) is 2.93. The molecule has 0 radical (unpaired) electrons. The molecule has 0 aromatic heterocycles. The van der Waals surface area contributed by atoms with Gasteiger partial charge in [-0.25, -0.2) is 43.9 Å². The highest BCUT2D eigenvalue weighted by molar-refractivity contribution is 5.79. The van der Waals surface area contributed by atoms with Crippen LogP contribution in [0.2, 0.25) is 0 Å². The Hall–Kier alpha value is -3.04. The minimum atomic E-state index is -2.42. The van der Waals surface area contributed by atoms with Crippen LogP contribution < -0.4 is 0 Å². The smallest absolute Gasteiger partial charge is 0.200 e. The van der Waals surface area contributed by atoms with E-state index in [2.05, 4.69) is 0 Å². The van der Waals surface area contributed by atoms with Crippen molar-refractivity contribution in [3.8, 4) is 22.3 Å². The van der Waals surface area contributed by atoms with Gasteiger partial charge in [-0.05, 0) is 23.6 Å². The summed E-state index contributed by atoms with van der Waals surface area (Å²) in [5.74, 6) is -22.8. The first-order valence-corrected chi connectivity index (χ1v) is 7.63. The van der Waals surface area contributed by atoms with Crippen molar-refractivity contribution in [2.75, 3.05) is 0 Å². The molecule has 0 fully saturated rings. The summed E-state index contributed by atoms with van der Waals surface area (Å²) in [5, 5.41) is 0. The molecule has 0 spiro atoms. The van der Waals surface area contributed by atoms with Crippen LogP contribution in [0.25, 0.3) is 22.3 Å². The normalized spacial score (nSPS) is 11.3. The van der Waals surface area contributed by atoms with Gasteiger partial charge in [0.1, 0.15) is 0 Å². The van der Waals surface area contributed by atoms with Crippen LogP contribution >= 0.6 is 0 Å². The van der Waals surface area contributed by atoms with E-state index in [1.54, 1.807) is 0 Å². The van der Waals surface area contributed by atoms with Gasteiger partial charge in [0.05, 0.1) is 11.1 Å². The van der Waals surface area contributed by atoms with Crippen molar-refractivity contribution in [1.29, 1.82) is 0 Å². The third-order valence-corrected chi connectivity index (χ3v) is 4.29. The summed E-state index contributed by atoms with van der Waals surface area (Å²) in [6, 6.07) is 2.63. The molecule has 0 atom stereocenters. The molecule has 0 aliphatic heterocycles. The number of benzene rings is 3. The quantitative estimate of drug-likeness (QED) is 0.243. The monoisotopic (exact) mass is 424 g/mol. The van der Waals surface area contributed by atoms with E-state index in [1.807, 2.05) is 0 Å². The SMILES string of the molecule is Cc1c(-c2c(F)c(F)c(F)c(F)c2F)cccc1-c1c(F)c(F)c(F)c(F)c1F. The molecule has 3 aromatic carbocycles. The Labute approximate surface area is 156 Å². The molecule has 0 aliphatic carbocycles. The van der Waals surface area contributed by atoms with Crippen LogP contribution in [0.1, 0.15) is 5.56 Å². The molecule has 10 heteroatoms. The zero-order valence-corrected chi connectivity index (χ0v) is 14.0. The summed E-state index contributed by atoms with van der Waals surface area (Å²) >= 11 is 0. The summed E-state index contributed by atoms with van der Waals surface area (Å²) < 4.78 is 137. The van der Waals surface area contributed by atoms with E-state index >= 15 is 0 Å². The van der Waals surface area contributed by atoms with Crippen LogP contribution in [0, 0.1) is 65.1 Å². The van der Waals surface area contributed by atoms with Crippen molar-refractivity contribution in [3.05, 3.63) is 81.9 Å². The van der Waals surface area contributed by atoms with Gasteiger partial charge in [-0.3, -0.25) is 0 Å². The molecule has 0 bridgehead atoms. The molecule has 3 rings (SSSR count). The molecule has 0 amide bonds. The summed E-state index contributed by atoms with van der Waals surface area (Å²) in [5.41, 5.74) is -4.70. The molecule has 0 unspecified atom stereocenters. The fourth-order valence-corrected chi connectivity index (χ4v) is 2.86. The Morgan fingerprint density at radius 3 is 0.931 bits per heavy atom. The zero-order valence-electron chi connectivity index (χ0n) is 14.0. The Kier molecular flexibility index (Phi) is 5.06. The van der Waals surface area contributed by atoms with Crippen molar-refractivity contribution < 1.29 is 43.9 Å². The summed E-state index contributed by atoms with van der Waals surface area (Å²) in [6.07, 6.45) is 0. The van der Waals surface area contributed by atoms with Crippen LogP contribution in [-0.4, -0.2) is 0 Å². The summed E-state index contributed by atoms with van der Waals surface area (Å²) in [6.45, 7) is 0.959. The molecule has 0 heterocycles. The fourth-order valence-electron chi connectivity index (χ4n) is 2.86. The second-order valence-corrected chi connectivity index (χ2v) is 5.87. The third-order valence-electron chi connectivity index (χ3n) is 4.29. The topological polar surface area (TPSA) is 0 Å². The van der Waals surface area contributed by atoms with Crippen LogP contribution in [-0.2, 0) is 0 Å². The predicted octanol–water partition coefficient (Wildman–Crippen LogP) is 6.72. The summed E-state index contributed by atoms with van der Waals surface area (Å²) in [7, 11) is 0. The molecule has 0 saturated heterocycles. The van der Waals surface area contributed by atoms with E-state index in [-0.39, 0.29) is 0 Å². The van der Waals surface area contributed by atoms with Gasteiger partial charge in [0.15, 0.2) is 46.5 Å². The molecule has 152 valence electrons. The van der Waals surface area contributed by atoms with E-state index in [1.165, 1.54) is 0 Å². The average molecular weight is 424 g/mol. The van der Waals surface area contributed by atoms with E-state index < -0.39 is 86.0 Å². The van der Waals surface area contributed by atoms with Crippen LogP contribution in [0.3, 0.4) is 0 Å². The van der Waals surface area contributed by atoms with Crippen molar-refractivity contribution in [3.63, 3.8) is 0 Å². The van der Waals surface area contributed by atoms with E-state index in [0.29, 0.717) is 0 Å². The Morgan fingerprint density at radius 2 is 0.655 bits per heavy atom. The van der Waals surface area contributed by atoms with Crippen LogP contribution in [0.5, 0.6) is 0 Å². The second-order valence-electron chi connectivity index (χ2n) is 5.87. The van der Waals surface area contributed by atoms with Crippen LogP contribution in [0.15, 0.2) is 18.2 Å². The van der Waals surface area contributed by atoms with E-state index in [0.717, 1.165) is 25.1 Å². The molecule has 0 nitrogen and oxygen atoms in total. The van der Waals surface area contributed by atoms with Gasteiger partial charge >= 0.3 is 0 Å². The number of hydrogen-bond acceptors (Lipinski definition) is 0. The van der Waals surface area contributed by atoms with Crippen molar-refractivity contribution in [2.45, 2.75) is 6.92 Å². The van der Waals surface area contributed by atoms with Gasteiger partial charge < -0.3 is 0 Å². The average Bonchev–Trinajstić information content (AvgIpc) is 2.70. The first kappa shape index (κ1) is 20.7. The highest BCUT2D eigenvalue weighted by Gasteiger charge is 2.30. The Morgan fingerprint density at radius 1 is 0.414 bits per heavy atom. The van der Waals surface area contributed by atoms with Gasteiger partial charge in [-0.2, -0.15) is 0 Å². The number of rotatable bonds is 2. The molecule has 0 saturated carbocycles. The highest BCUT2D eigenvalue weighted by atomic mass is 19.2. The summed E-state index contributed by atoms with van der Waals surface area (Å²) in [4.78, 5) is 0. The number of hydrogen-bond donors (Lipinski definition) is 0. The lowest BCUT2D eigenvalue weighted by atomic mass is 9.91. The minimum Gasteiger partial charge on any atom is -0.203 e. The molecule has 3 aromatic rings. The lowest BCUT2D eigenvalue weighted by Gasteiger charge is -2.16. The van der Waals surface area contributed by atoms with Crippen molar-refractivity contribution in [2.24, 2.45) is 0 Å². The fraction of sp³-hybridized carbons (Fsp3) is 0.0526. The van der Waals surface area contributed by atoms with Gasteiger partial charge in [0.2, 0.25) is 11.6 Å². The number of halogens is 10. The lowest BCUT2D eigenvalue weighted by Crippen LogP contribution is -2.07. The Balaban J connectivity index is 2.40. The van der Waals surface area contributed by atoms with Crippen molar-refractivity contribution in [1.82, 2.24) is 0 Å². The van der Waals surface area contributed by atoms with E-state index in [9.17, 15) is 43.9 Å². The largest absolute Gasteiger partial charge is 0.203 e.